The van der Waals surface area contributed by atoms with Crippen LogP contribution in [0.25, 0.3) is 16.9 Å². The molecule has 3 rings (SSSR count). The Labute approximate surface area is 194 Å². The fourth-order valence-electron chi connectivity index (χ4n) is 4.10. The first kappa shape index (κ1) is 23.9. The normalized spacial score (nSPS) is 13.1. The van der Waals surface area contributed by atoms with Crippen molar-refractivity contribution in [2.75, 3.05) is 12.4 Å². The number of carbonyl (C=O) groups excluding carboxylic acids is 1. The third-order valence-corrected chi connectivity index (χ3v) is 5.11. The van der Waals surface area contributed by atoms with E-state index in [4.69, 9.17) is 26.1 Å². The van der Waals surface area contributed by atoms with E-state index >= 15 is 0 Å². The molecule has 0 amide bonds. The number of fused-ring (bicyclic) bond motifs is 1. The lowest BCUT2D eigenvalue weighted by Crippen LogP contribution is -2.36. The van der Waals surface area contributed by atoms with Gasteiger partial charge >= 0.3 is 5.97 Å². The van der Waals surface area contributed by atoms with Crippen LogP contribution < -0.4 is 14.8 Å². The molecule has 6 nitrogen and oxygen atoms in total. The molecule has 1 unspecified atom stereocenters. The largest absolute Gasteiger partial charge is 0.493 e. The molecule has 7 heteroatoms. The minimum atomic E-state index is -0.751. The van der Waals surface area contributed by atoms with Gasteiger partial charge in [0.2, 0.25) is 0 Å². The Hall–Kier alpha value is -2.73. The van der Waals surface area contributed by atoms with Gasteiger partial charge in [0.05, 0.1) is 7.11 Å². The fraction of sp³-hybridized carbons (Fsp3) is 0.440. The molecule has 2 heterocycles. The van der Waals surface area contributed by atoms with Gasteiger partial charge in [-0.25, -0.2) is 4.98 Å². The summed E-state index contributed by atoms with van der Waals surface area (Å²) in [4.78, 5) is 16.8. The van der Waals surface area contributed by atoms with Crippen molar-refractivity contribution in [2.24, 2.45) is 5.41 Å². The van der Waals surface area contributed by atoms with Gasteiger partial charge in [-0.2, -0.15) is 0 Å². The molecule has 1 aromatic carbocycles. The number of hydrogen-bond donors (Lipinski definition) is 1. The van der Waals surface area contributed by atoms with Gasteiger partial charge < -0.3 is 14.8 Å². The van der Waals surface area contributed by atoms with Crippen LogP contribution in [0.3, 0.4) is 0 Å². The molecule has 1 atom stereocenters. The van der Waals surface area contributed by atoms with Gasteiger partial charge in [0.25, 0.3) is 0 Å². The molecule has 172 valence electrons. The monoisotopic (exact) mass is 457 g/mol. The van der Waals surface area contributed by atoms with Gasteiger partial charge in [0.1, 0.15) is 22.5 Å². The number of carbonyl (C=O) groups is 1. The van der Waals surface area contributed by atoms with Gasteiger partial charge in [-0.05, 0) is 62.9 Å². The van der Waals surface area contributed by atoms with Crippen LogP contribution in [-0.4, -0.2) is 33.4 Å². The number of alkyl halides is 1. The molecule has 0 saturated heterocycles. The Kier molecular flexibility index (Phi) is 6.75. The Morgan fingerprint density at radius 1 is 1.16 bits per heavy atom. The lowest BCUT2D eigenvalue weighted by Gasteiger charge is -2.34. The lowest BCUT2D eigenvalue weighted by molar-refractivity contribution is -0.133. The van der Waals surface area contributed by atoms with Crippen LogP contribution in [-0.2, 0) is 4.79 Å². The van der Waals surface area contributed by atoms with Crippen molar-refractivity contribution in [1.82, 2.24) is 9.38 Å². The number of methoxy groups -OCH3 is 1. The maximum absolute atomic E-state index is 11.9. The van der Waals surface area contributed by atoms with Crippen LogP contribution in [0.4, 0.5) is 5.82 Å². The van der Waals surface area contributed by atoms with E-state index in [1.165, 1.54) is 7.11 Å². The molecule has 2 aromatic heterocycles. The summed E-state index contributed by atoms with van der Waals surface area (Å²) in [6.45, 7) is 12.7. The number of nitrogens with one attached hydrogen (secondary N) is 1. The number of benzene rings is 1. The Morgan fingerprint density at radius 2 is 1.88 bits per heavy atom. The zero-order valence-corrected chi connectivity index (χ0v) is 20.6. The van der Waals surface area contributed by atoms with Crippen LogP contribution in [0.1, 0.15) is 48.0 Å². The fourth-order valence-corrected chi connectivity index (χ4v) is 4.14. The number of nitrogens with zero attached hydrogens (tertiary/aromatic N) is 2. The minimum absolute atomic E-state index is 0.158. The molecule has 3 aromatic rings. The number of hydrogen-bond acceptors (Lipinski definition) is 5. The summed E-state index contributed by atoms with van der Waals surface area (Å²) < 4.78 is 12.9. The predicted molar refractivity (Wildman–Crippen MR) is 130 cm³/mol. The SMILES string of the molecule is COc1cc(-c2nc3ccccn3c2NC(C)(C)CC(C)(C)C)ccc1OC(=O)C(C)Cl. The maximum Gasteiger partial charge on any atom is 0.329 e. The number of rotatable bonds is 7. The summed E-state index contributed by atoms with van der Waals surface area (Å²) in [5, 5.41) is 2.97. The van der Waals surface area contributed by atoms with Crippen molar-refractivity contribution in [3.8, 4) is 22.8 Å². The first-order valence-corrected chi connectivity index (χ1v) is 11.1. The molecule has 0 spiro atoms. The minimum Gasteiger partial charge on any atom is -0.493 e. The first-order valence-electron chi connectivity index (χ1n) is 10.7. The Balaban J connectivity index is 2.07. The standard InChI is InChI=1S/C25H32ClN3O3/c1-16(26)23(30)32-18-12-11-17(14-19(18)31-7)21-22(28-25(5,6)15-24(2,3)4)29-13-9-8-10-20(29)27-21/h8-14,16,28H,15H2,1-7H3. The van der Waals surface area contributed by atoms with Gasteiger partial charge in [-0.1, -0.05) is 26.8 Å². The van der Waals surface area contributed by atoms with Crippen LogP contribution >= 0.6 is 11.6 Å². The summed E-state index contributed by atoms with van der Waals surface area (Å²) in [5.74, 6) is 1.12. The van der Waals surface area contributed by atoms with E-state index in [1.54, 1.807) is 13.0 Å². The average molecular weight is 458 g/mol. The average Bonchev–Trinajstić information content (AvgIpc) is 3.04. The van der Waals surface area contributed by atoms with E-state index in [2.05, 4.69) is 44.3 Å². The highest BCUT2D eigenvalue weighted by Gasteiger charge is 2.28. The molecule has 32 heavy (non-hydrogen) atoms. The van der Waals surface area contributed by atoms with Crippen LogP contribution in [0.5, 0.6) is 11.5 Å². The first-order chi connectivity index (χ1) is 14.9. The second kappa shape index (κ2) is 9.02. The number of anilines is 1. The number of esters is 1. The third-order valence-electron chi connectivity index (χ3n) is 4.93. The van der Waals surface area contributed by atoms with Crippen LogP contribution in [0.15, 0.2) is 42.6 Å². The van der Waals surface area contributed by atoms with E-state index in [0.29, 0.717) is 11.5 Å². The summed E-state index contributed by atoms with van der Waals surface area (Å²) in [6, 6.07) is 11.3. The van der Waals surface area contributed by atoms with Crippen molar-refractivity contribution in [3.05, 3.63) is 42.6 Å². The predicted octanol–water partition coefficient (Wildman–Crippen LogP) is 6.17. The van der Waals surface area contributed by atoms with Crippen LogP contribution in [0, 0.1) is 5.41 Å². The van der Waals surface area contributed by atoms with Crippen molar-refractivity contribution in [1.29, 1.82) is 0 Å². The zero-order valence-electron chi connectivity index (χ0n) is 19.8. The van der Waals surface area contributed by atoms with Gasteiger partial charge in [0.15, 0.2) is 11.5 Å². The molecule has 0 aliphatic rings. The quantitative estimate of drug-likeness (QED) is 0.261. The second-order valence-electron chi connectivity index (χ2n) is 9.89. The molecular weight excluding hydrogens is 426 g/mol. The molecule has 0 aliphatic heterocycles. The van der Waals surface area contributed by atoms with Crippen molar-refractivity contribution >= 4 is 29.0 Å². The molecule has 1 N–H and O–H groups in total. The topological polar surface area (TPSA) is 64.9 Å². The maximum atomic E-state index is 11.9. The summed E-state index contributed by atoms with van der Waals surface area (Å²) in [7, 11) is 1.54. The van der Waals surface area contributed by atoms with E-state index in [-0.39, 0.29) is 11.0 Å². The third kappa shape index (κ3) is 5.54. The molecule has 0 bridgehead atoms. The van der Waals surface area contributed by atoms with E-state index in [0.717, 1.165) is 29.1 Å². The highest BCUT2D eigenvalue weighted by Crippen LogP contribution is 2.38. The highest BCUT2D eigenvalue weighted by molar-refractivity contribution is 6.29. The number of imidazole rings is 1. The molecular formula is C25H32ClN3O3. The number of pyridine rings is 1. The molecule has 0 saturated carbocycles. The van der Waals surface area contributed by atoms with Crippen molar-refractivity contribution in [3.63, 3.8) is 0 Å². The molecule has 0 aliphatic carbocycles. The number of aromatic nitrogens is 2. The summed E-state index contributed by atoms with van der Waals surface area (Å²) in [6.07, 6.45) is 2.96. The van der Waals surface area contributed by atoms with Crippen molar-refractivity contribution < 1.29 is 14.3 Å². The van der Waals surface area contributed by atoms with Gasteiger partial charge in [-0.15, -0.1) is 11.6 Å². The van der Waals surface area contributed by atoms with E-state index in [9.17, 15) is 4.79 Å². The molecule has 0 fully saturated rings. The molecule has 0 radical (unpaired) electrons. The van der Waals surface area contributed by atoms with E-state index < -0.39 is 11.3 Å². The summed E-state index contributed by atoms with van der Waals surface area (Å²) in [5.41, 5.74) is 2.46. The second-order valence-corrected chi connectivity index (χ2v) is 10.5. The van der Waals surface area contributed by atoms with Gasteiger partial charge in [-0.3, -0.25) is 9.20 Å². The Morgan fingerprint density at radius 3 is 2.50 bits per heavy atom. The smallest absolute Gasteiger partial charge is 0.329 e. The van der Waals surface area contributed by atoms with Crippen LogP contribution in [0.2, 0.25) is 0 Å². The summed E-state index contributed by atoms with van der Waals surface area (Å²) >= 11 is 5.84. The highest BCUT2D eigenvalue weighted by atomic mass is 35.5. The van der Waals surface area contributed by atoms with Gasteiger partial charge in [0, 0.05) is 17.3 Å². The van der Waals surface area contributed by atoms with E-state index in [1.807, 2.05) is 36.5 Å². The van der Waals surface area contributed by atoms with Crippen molar-refractivity contribution in [2.45, 2.75) is 58.9 Å². The number of ether oxygens (including phenoxy) is 2. The number of halogens is 1. The lowest BCUT2D eigenvalue weighted by atomic mass is 9.82. The zero-order chi connectivity index (χ0) is 23.7. The Bertz CT molecular complexity index is 1110.